The third-order valence-electron chi connectivity index (χ3n) is 3.31. The Morgan fingerprint density at radius 1 is 1.13 bits per heavy atom. The van der Waals surface area contributed by atoms with E-state index in [0.29, 0.717) is 47.6 Å². The molecule has 0 amide bonds. The van der Waals surface area contributed by atoms with Gasteiger partial charge >= 0.3 is 0 Å². The van der Waals surface area contributed by atoms with Crippen molar-refractivity contribution in [1.82, 2.24) is 4.98 Å². The van der Waals surface area contributed by atoms with E-state index in [1.807, 2.05) is 18.2 Å². The number of aromatic nitrogens is 1. The van der Waals surface area contributed by atoms with E-state index >= 15 is 0 Å². The minimum absolute atomic E-state index is 0.0228. The molecule has 118 valence electrons. The van der Waals surface area contributed by atoms with E-state index in [-0.39, 0.29) is 12.2 Å². The van der Waals surface area contributed by atoms with Crippen molar-refractivity contribution >= 4 is 29.0 Å². The quantitative estimate of drug-likeness (QED) is 0.781. The fraction of sp³-hybridized carbons (Fsp3) is 0.235. The zero-order valence-electron chi connectivity index (χ0n) is 12.4. The number of halogens is 1. The highest BCUT2D eigenvalue weighted by molar-refractivity contribution is 6.32. The minimum Gasteiger partial charge on any atom is -0.492 e. The molecule has 0 spiro atoms. The smallest absolute Gasteiger partial charge is 0.196 e. The van der Waals surface area contributed by atoms with Gasteiger partial charge in [-0.1, -0.05) is 23.7 Å². The van der Waals surface area contributed by atoms with Gasteiger partial charge in [0.2, 0.25) is 0 Å². The molecular weight excluding hydrogens is 316 g/mol. The van der Waals surface area contributed by atoms with Crippen LogP contribution in [0.15, 0.2) is 47.7 Å². The van der Waals surface area contributed by atoms with Crippen molar-refractivity contribution < 1.29 is 14.3 Å². The van der Waals surface area contributed by atoms with E-state index in [2.05, 4.69) is 9.98 Å². The summed E-state index contributed by atoms with van der Waals surface area (Å²) in [5.74, 6) is 1.07. The Balaban J connectivity index is 1.48. The molecule has 1 aliphatic heterocycles. The molecule has 0 radical (unpaired) electrons. The summed E-state index contributed by atoms with van der Waals surface area (Å²) in [6.45, 7) is 0.905. The number of rotatable bonds is 5. The Morgan fingerprint density at radius 3 is 2.83 bits per heavy atom. The number of carbonyl (C=O) groups is 1. The van der Waals surface area contributed by atoms with Crippen molar-refractivity contribution in [2.24, 2.45) is 4.99 Å². The summed E-state index contributed by atoms with van der Waals surface area (Å²) in [6, 6.07) is 9.02. The number of ketones is 1. The van der Waals surface area contributed by atoms with Crippen LogP contribution < -0.4 is 4.74 Å². The molecule has 23 heavy (non-hydrogen) atoms. The van der Waals surface area contributed by atoms with Crippen molar-refractivity contribution in [1.29, 1.82) is 0 Å². The number of carbonyl (C=O) groups excluding carboxylic acids is 1. The van der Waals surface area contributed by atoms with Crippen LogP contribution in [0.2, 0.25) is 5.02 Å². The van der Waals surface area contributed by atoms with Gasteiger partial charge in [0, 0.05) is 18.8 Å². The molecule has 1 aromatic heterocycles. The molecular formula is C17H15ClN2O3. The van der Waals surface area contributed by atoms with Crippen molar-refractivity contribution in [2.75, 3.05) is 13.2 Å². The lowest BCUT2D eigenvalue weighted by molar-refractivity contribution is 0.0990. The highest BCUT2D eigenvalue weighted by atomic mass is 35.5. The lowest BCUT2D eigenvalue weighted by Crippen LogP contribution is -2.17. The number of hydrogen-bond donors (Lipinski definition) is 0. The standard InChI is InChI=1S/C17H15ClN2O3/c18-13-4-1-2-5-16(13)22-8-3-9-23-17-10-15(21)12-11-19-7-6-14(12)20-17/h1-2,4-7,11H,3,8-10H2. The normalized spacial score (nSPS) is 13.3. The Bertz CT molecular complexity index is 746. The molecule has 0 N–H and O–H groups in total. The lowest BCUT2D eigenvalue weighted by atomic mass is 10.1. The summed E-state index contributed by atoms with van der Waals surface area (Å²) in [6.07, 6.45) is 3.98. The predicted octanol–water partition coefficient (Wildman–Crippen LogP) is 3.84. The largest absolute Gasteiger partial charge is 0.492 e. The van der Waals surface area contributed by atoms with Crippen molar-refractivity contribution in [2.45, 2.75) is 12.8 Å². The maximum absolute atomic E-state index is 12.0. The van der Waals surface area contributed by atoms with E-state index in [4.69, 9.17) is 21.1 Å². The summed E-state index contributed by atoms with van der Waals surface area (Å²) < 4.78 is 11.2. The van der Waals surface area contributed by atoms with Gasteiger partial charge in [-0.25, -0.2) is 4.99 Å². The summed E-state index contributed by atoms with van der Waals surface area (Å²) >= 11 is 6.00. The third kappa shape index (κ3) is 3.87. The van der Waals surface area contributed by atoms with E-state index in [1.54, 1.807) is 18.3 Å². The van der Waals surface area contributed by atoms with Crippen LogP contribution in [0.25, 0.3) is 0 Å². The van der Waals surface area contributed by atoms with Gasteiger partial charge in [0.25, 0.3) is 0 Å². The second kappa shape index (κ2) is 7.24. The molecule has 0 atom stereocenters. The van der Waals surface area contributed by atoms with Crippen molar-refractivity contribution in [3.63, 3.8) is 0 Å². The fourth-order valence-corrected chi connectivity index (χ4v) is 2.37. The second-order valence-corrected chi connectivity index (χ2v) is 5.39. The number of fused-ring (bicyclic) bond motifs is 1. The van der Waals surface area contributed by atoms with E-state index in [0.717, 1.165) is 0 Å². The molecule has 2 heterocycles. The van der Waals surface area contributed by atoms with Gasteiger partial charge in [0.05, 0.1) is 35.9 Å². The monoisotopic (exact) mass is 330 g/mol. The molecule has 1 aliphatic rings. The van der Waals surface area contributed by atoms with E-state index in [9.17, 15) is 4.79 Å². The molecule has 0 unspecified atom stereocenters. The summed E-state index contributed by atoms with van der Waals surface area (Å²) in [5, 5.41) is 0.584. The van der Waals surface area contributed by atoms with Crippen molar-refractivity contribution in [3.8, 4) is 5.75 Å². The SMILES string of the molecule is O=C1CC(OCCCOc2ccccc2Cl)=Nc2ccncc21. The number of pyridine rings is 1. The van der Waals surface area contributed by atoms with Crippen molar-refractivity contribution in [3.05, 3.63) is 53.3 Å². The second-order valence-electron chi connectivity index (χ2n) is 4.98. The van der Waals surface area contributed by atoms with Crippen LogP contribution in [0, 0.1) is 0 Å². The predicted molar refractivity (Wildman–Crippen MR) is 87.8 cm³/mol. The molecule has 3 rings (SSSR count). The van der Waals surface area contributed by atoms with Crippen LogP contribution in [-0.4, -0.2) is 29.9 Å². The van der Waals surface area contributed by atoms with Crippen LogP contribution in [0.5, 0.6) is 5.75 Å². The van der Waals surface area contributed by atoms with Crippen LogP contribution in [0.4, 0.5) is 5.69 Å². The van der Waals surface area contributed by atoms with Gasteiger partial charge < -0.3 is 9.47 Å². The van der Waals surface area contributed by atoms with Gasteiger partial charge in [0.15, 0.2) is 11.7 Å². The summed E-state index contributed by atoms with van der Waals surface area (Å²) in [4.78, 5) is 20.2. The molecule has 0 saturated heterocycles. The lowest BCUT2D eigenvalue weighted by Gasteiger charge is -2.15. The number of nitrogens with zero attached hydrogens (tertiary/aromatic N) is 2. The number of hydrogen-bond acceptors (Lipinski definition) is 5. The average molecular weight is 331 g/mol. The van der Waals surface area contributed by atoms with Crippen LogP contribution in [0.3, 0.4) is 0 Å². The first-order valence-electron chi connectivity index (χ1n) is 7.29. The molecule has 0 bridgehead atoms. The Kier molecular flexibility index (Phi) is 4.88. The number of aliphatic imine (C=N–C) groups is 1. The molecule has 0 fully saturated rings. The molecule has 0 saturated carbocycles. The summed E-state index contributed by atoms with van der Waals surface area (Å²) in [7, 11) is 0. The maximum atomic E-state index is 12.0. The summed E-state index contributed by atoms with van der Waals surface area (Å²) in [5.41, 5.74) is 1.15. The first-order chi connectivity index (χ1) is 11.2. The number of Topliss-reactive ketones (excluding diaryl/α,β-unsaturated/α-hetero) is 1. The van der Waals surface area contributed by atoms with Gasteiger partial charge in [0.1, 0.15) is 5.75 Å². The van der Waals surface area contributed by atoms with Crippen LogP contribution >= 0.6 is 11.6 Å². The number of benzene rings is 1. The zero-order chi connectivity index (χ0) is 16.1. The topological polar surface area (TPSA) is 60.8 Å². The fourth-order valence-electron chi connectivity index (χ4n) is 2.18. The Hall–Kier alpha value is -2.40. The molecule has 6 heteroatoms. The van der Waals surface area contributed by atoms with E-state index < -0.39 is 0 Å². The first kappa shape index (κ1) is 15.5. The average Bonchev–Trinajstić information content (AvgIpc) is 2.56. The van der Waals surface area contributed by atoms with Crippen LogP contribution in [0.1, 0.15) is 23.2 Å². The number of ether oxygens (including phenoxy) is 2. The molecule has 2 aromatic rings. The molecule has 1 aromatic carbocycles. The first-order valence-corrected chi connectivity index (χ1v) is 7.67. The van der Waals surface area contributed by atoms with Gasteiger partial charge in [-0.2, -0.15) is 0 Å². The Labute approximate surface area is 138 Å². The maximum Gasteiger partial charge on any atom is 0.196 e. The van der Waals surface area contributed by atoms with Gasteiger partial charge in [-0.3, -0.25) is 9.78 Å². The molecule has 0 aliphatic carbocycles. The zero-order valence-corrected chi connectivity index (χ0v) is 13.1. The molecule has 5 nitrogen and oxygen atoms in total. The van der Waals surface area contributed by atoms with Gasteiger partial charge in [-0.15, -0.1) is 0 Å². The Morgan fingerprint density at radius 2 is 1.96 bits per heavy atom. The number of para-hydroxylation sites is 1. The van der Waals surface area contributed by atoms with E-state index in [1.165, 1.54) is 6.20 Å². The highest BCUT2D eigenvalue weighted by Gasteiger charge is 2.20. The highest BCUT2D eigenvalue weighted by Crippen LogP contribution is 2.25. The minimum atomic E-state index is -0.0228. The third-order valence-corrected chi connectivity index (χ3v) is 3.62. The van der Waals surface area contributed by atoms with Gasteiger partial charge in [-0.05, 0) is 18.2 Å². The van der Waals surface area contributed by atoms with Crippen LogP contribution in [-0.2, 0) is 4.74 Å².